The molecule has 0 atom stereocenters. The summed E-state index contributed by atoms with van der Waals surface area (Å²) in [4.78, 5) is 21.4. The number of halogens is 1. The number of benzene rings is 2. The average molecular weight is 473 g/mol. The molecule has 10 heteroatoms. The lowest BCUT2D eigenvalue weighted by Gasteiger charge is -2.19. The van der Waals surface area contributed by atoms with Crippen LogP contribution in [0.1, 0.15) is 24.2 Å². The van der Waals surface area contributed by atoms with Crippen molar-refractivity contribution >= 4 is 44.0 Å². The molecule has 0 saturated heterocycles. The highest BCUT2D eigenvalue weighted by Gasteiger charge is 2.24. The first kappa shape index (κ1) is 22.1. The number of aromatic nitrogens is 2. The van der Waals surface area contributed by atoms with Crippen molar-refractivity contribution in [2.75, 3.05) is 18.4 Å². The highest BCUT2D eigenvalue weighted by Crippen LogP contribution is 2.26. The number of aromatic amines is 1. The summed E-state index contributed by atoms with van der Waals surface area (Å²) in [5, 5.41) is 4.59. The molecule has 0 radical (unpaired) electrons. The largest absolute Gasteiger partial charge is 0.337 e. The maximum atomic E-state index is 14.4. The first-order chi connectivity index (χ1) is 15.3. The fourth-order valence-corrected chi connectivity index (χ4v) is 5.52. The number of H-pyrrole nitrogens is 1. The second kappa shape index (κ2) is 8.81. The lowest BCUT2D eigenvalue weighted by atomic mass is 10.2. The fraction of sp³-hybridized carbons (Fsp3) is 0.182. The van der Waals surface area contributed by atoms with Gasteiger partial charge >= 0.3 is 0 Å². The number of carbonyl (C=O) groups excluding carboxylic acids is 1. The Morgan fingerprint density at radius 2 is 1.94 bits per heavy atom. The Labute approximate surface area is 189 Å². The lowest BCUT2D eigenvalue weighted by molar-refractivity contribution is 0.102. The van der Waals surface area contributed by atoms with Crippen LogP contribution in [0.3, 0.4) is 0 Å². The average Bonchev–Trinajstić information content (AvgIpc) is 3.44. The predicted octanol–water partition coefficient (Wildman–Crippen LogP) is 4.71. The predicted molar refractivity (Wildman–Crippen MR) is 124 cm³/mol. The number of nitrogens with one attached hydrogen (secondary N) is 2. The van der Waals surface area contributed by atoms with E-state index in [1.165, 1.54) is 10.4 Å². The fourth-order valence-electron chi connectivity index (χ4n) is 3.37. The van der Waals surface area contributed by atoms with Crippen LogP contribution in [-0.4, -0.2) is 41.7 Å². The molecule has 0 aliphatic heterocycles. The zero-order chi connectivity index (χ0) is 22.9. The molecule has 0 bridgehead atoms. The van der Waals surface area contributed by atoms with Crippen LogP contribution < -0.4 is 5.32 Å². The third-order valence-electron chi connectivity index (χ3n) is 5.02. The number of thiophene rings is 1. The number of imidazole rings is 1. The molecule has 4 aromatic rings. The molecule has 166 valence electrons. The van der Waals surface area contributed by atoms with Gasteiger partial charge in [0.05, 0.1) is 26.4 Å². The minimum atomic E-state index is -3.82. The number of nitrogens with zero attached hydrogens (tertiary/aromatic N) is 2. The first-order valence-electron chi connectivity index (χ1n) is 9.98. The van der Waals surface area contributed by atoms with Gasteiger partial charge in [0, 0.05) is 18.8 Å². The SMILES string of the molecule is CCN(CC)S(=O)(=O)c1ccc(F)c(C(=O)Nc2ccc3nc(-c4cccs4)[nH]c3c2)c1. The quantitative estimate of drug-likeness (QED) is 0.407. The number of sulfonamides is 1. The molecule has 32 heavy (non-hydrogen) atoms. The van der Waals surface area contributed by atoms with Crippen molar-refractivity contribution in [2.24, 2.45) is 0 Å². The summed E-state index contributed by atoms with van der Waals surface area (Å²) < 4.78 is 41.1. The molecule has 0 spiro atoms. The van der Waals surface area contributed by atoms with Gasteiger partial charge in [0.15, 0.2) is 0 Å². The Balaban J connectivity index is 1.62. The van der Waals surface area contributed by atoms with Crippen LogP contribution in [0.5, 0.6) is 0 Å². The van der Waals surface area contributed by atoms with Gasteiger partial charge in [0.2, 0.25) is 10.0 Å². The summed E-state index contributed by atoms with van der Waals surface area (Å²) >= 11 is 1.56. The van der Waals surface area contributed by atoms with Crippen molar-refractivity contribution in [3.8, 4) is 10.7 Å². The molecule has 0 aliphatic rings. The summed E-state index contributed by atoms with van der Waals surface area (Å²) in [6.45, 7) is 3.98. The number of anilines is 1. The van der Waals surface area contributed by atoms with E-state index in [0.717, 1.165) is 28.4 Å². The Kier molecular flexibility index (Phi) is 6.09. The number of amides is 1. The molecule has 1 amide bonds. The Bertz CT molecular complexity index is 1380. The van der Waals surface area contributed by atoms with Crippen LogP contribution in [0, 0.1) is 5.82 Å². The zero-order valence-electron chi connectivity index (χ0n) is 17.4. The zero-order valence-corrected chi connectivity index (χ0v) is 19.1. The summed E-state index contributed by atoms with van der Waals surface area (Å²) in [6.07, 6.45) is 0. The normalized spacial score (nSPS) is 11.9. The summed E-state index contributed by atoms with van der Waals surface area (Å²) in [5.41, 5.74) is 1.52. The van der Waals surface area contributed by atoms with Gasteiger partial charge in [-0.15, -0.1) is 11.3 Å². The van der Waals surface area contributed by atoms with Crippen molar-refractivity contribution in [2.45, 2.75) is 18.7 Å². The molecule has 2 aromatic carbocycles. The lowest BCUT2D eigenvalue weighted by Crippen LogP contribution is -2.31. The van der Waals surface area contributed by atoms with Crippen LogP contribution in [0.15, 0.2) is 58.8 Å². The molecule has 0 aliphatic carbocycles. The summed E-state index contributed by atoms with van der Waals surface area (Å²) in [5.74, 6) is -0.820. The van der Waals surface area contributed by atoms with Crippen LogP contribution >= 0.6 is 11.3 Å². The molecule has 4 rings (SSSR count). The molecule has 2 heterocycles. The van der Waals surface area contributed by atoms with Crippen LogP contribution in [0.25, 0.3) is 21.7 Å². The van der Waals surface area contributed by atoms with Gasteiger partial charge in [0.25, 0.3) is 5.91 Å². The van der Waals surface area contributed by atoms with Gasteiger partial charge in [-0.25, -0.2) is 17.8 Å². The van der Waals surface area contributed by atoms with E-state index in [-0.39, 0.29) is 23.5 Å². The first-order valence-corrected chi connectivity index (χ1v) is 12.3. The van der Waals surface area contributed by atoms with Crippen LogP contribution in [0.4, 0.5) is 10.1 Å². The van der Waals surface area contributed by atoms with Gasteiger partial charge in [-0.3, -0.25) is 4.79 Å². The van der Waals surface area contributed by atoms with Crippen molar-refractivity contribution < 1.29 is 17.6 Å². The molecule has 7 nitrogen and oxygen atoms in total. The minimum absolute atomic E-state index is 0.127. The molecule has 2 N–H and O–H groups in total. The highest BCUT2D eigenvalue weighted by molar-refractivity contribution is 7.89. The van der Waals surface area contributed by atoms with Crippen LogP contribution in [0.2, 0.25) is 0 Å². The number of carbonyl (C=O) groups is 1. The van der Waals surface area contributed by atoms with E-state index < -0.39 is 21.7 Å². The second-order valence-electron chi connectivity index (χ2n) is 6.98. The highest BCUT2D eigenvalue weighted by atomic mass is 32.2. The van der Waals surface area contributed by atoms with Crippen molar-refractivity contribution in [1.29, 1.82) is 0 Å². The number of hydrogen-bond donors (Lipinski definition) is 2. The van der Waals surface area contributed by atoms with E-state index in [1.54, 1.807) is 43.4 Å². The maximum absolute atomic E-state index is 14.4. The van der Waals surface area contributed by atoms with Gasteiger partial charge in [0.1, 0.15) is 11.6 Å². The van der Waals surface area contributed by atoms with E-state index in [4.69, 9.17) is 0 Å². The van der Waals surface area contributed by atoms with Gasteiger partial charge in [-0.2, -0.15) is 4.31 Å². The van der Waals surface area contributed by atoms with Gasteiger partial charge in [-0.05, 0) is 47.8 Å². The van der Waals surface area contributed by atoms with E-state index in [2.05, 4.69) is 15.3 Å². The van der Waals surface area contributed by atoms with Crippen LogP contribution in [-0.2, 0) is 10.0 Å². The Morgan fingerprint density at radius 1 is 1.16 bits per heavy atom. The Hall–Kier alpha value is -3.08. The smallest absolute Gasteiger partial charge is 0.258 e. The number of hydrogen-bond acceptors (Lipinski definition) is 5. The van der Waals surface area contributed by atoms with E-state index in [9.17, 15) is 17.6 Å². The van der Waals surface area contributed by atoms with E-state index >= 15 is 0 Å². The van der Waals surface area contributed by atoms with Crippen molar-refractivity contribution in [3.05, 3.63) is 65.3 Å². The van der Waals surface area contributed by atoms with Gasteiger partial charge < -0.3 is 10.3 Å². The second-order valence-corrected chi connectivity index (χ2v) is 9.87. The van der Waals surface area contributed by atoms with E-state index in [0.29, 0.717) is 11.2 Å². The summed E-state index contributed by atoms with van der Waals surface area (Å²) in [7, 11) is -3.82. The maximum Gasteiger partial charge on any atom is 0.258 e. The molecule has 2 aromatic heterocycles. The third kappa shape index (κ3) is 4.16. The molecule has 0 unspecified atom stereocenters. The molecule has 0 fully saturated rings. The molecule has 0 saturated carbocycles. The number of rotatable bonds is 7. The molecular formula is C22H21FN4O3S2. The third-order valence-corrected chi connectivity index (χ3v) is 7.94. The Morgan fingerprint density at radius 3 is 2.62 bits per heavy atom. The van der Waals surface area contributed by atoms with Crippen molar-refractivity contribution in [1.82, 2.24) is 14.3 Å². The van der Waals surface area contributed by atoms with E-state index in [1.807, 2.05) is 17.5 Å². The standard InChI is InChI=1S/C22H21FN4O3S2/c1-3-27(4-2)32(29,30)15-8-9-17(23)16(13-15)22(28)24-14-7-10-18-19(12-14)26-21(25-18)20-6-5-11-31-20/h5-13H,3-4H2,1-2H3,(H,24,28)(H,25,26). The minimum Gasteiger partial charge on any atom is -0.337 e. The topological polar surface area (TPSA) is 95.2 Å². The van der Waals surface area contributed by atoms with Gasteiger partial charge in [-0.1, -0.05) is 19.9 Å². The molecular weight excluding hydrogens is 451 g/mol. The number of fused-ring (bicyclic) bond motifs is 1. The van der Waals surface area contributed by atoms with Crippen molar-refractivity contribution in [3.63, 3.8) is 0 Å². The summed E-state index contributed by atoms with van der Waals surface area (Å²) in [6, 6.07) is 12.2. The monoisotopic (exact) mass is 472 g/mol.